The molecule has 0 spiro atoms. The van der Waals surface area contributed by atoms with Crippen molar-refractivity contribution >= 4 is 43.5 Å². The number of halogens is 2. The minimum Gasteiger partial charge on any atom is -0.281 e. The van der Waals surface area contributed by atoms with Gasteiger partial charge in [0.05, 0.1) is 5.92 Å². The van der Waals surface area contributed by atoms with Crippen LogP contribution in [0.25, 0.3) is 10.8 Å². The summed E-state index contributed by atoms with van der Waals surface area (Å²) in [6, 6.07) is 12.0. The highest BCUT2D eigenvalue weighted by atomic mass is 79.9. The van der Waals surface area contributed by atoms with Gasteiger partial charge in [0.2, 0.25) is 5.24 Å². The van der Waals surface area contributed by atoms with Gasteiger partial charge in [0.15, 0.2) is 0 Å². The molecule has 3 heteroatoms. The minimum absolute atomic E-state index is 0.291. The zero-order chi connectivity index (χ0) is 11.7. The molecule has 0 radical (unpaired) electrons. The molecule has 2 aromatic carbocycles. The van der Waals surface area contributed by atoms with Crippen molar-refractivity contribution in [1.29, 1.82) is 0 Å². The smallest absolute Gasteiger partial charge is 0.228 e. The Hall–Kier alpha value is -0.860. The molecule has 0 saturated carbocycles. The number of rotatable bonds is 2. The minimum atomic E-state index is -0.337. The third-order valence-corrected chi connectivity index (χ3v) is 3.91. The first-order valence-corrected chi connectivity index (χ1v) is 6.15. The van der Waals surface area contributed by atoms with E-state index in [0.29, 0.717) is 0 Å². The summed E-state index contributed by atoms with van der Waals surface area (Å²) in [5.41, 5.74) is 0.929. The largest absolute Gasteiger partial charge is 0.281 e. The van der Waals surface area contributed by atoms with E-state index in [0.717, 1.165) is 20.8 Å². The van der Waals surface area contributed by atoms with Crippen molar-refractivity contribution in [2.45, 2.75) is 12.8 Å². The van der Waals surface area contributed by atoms with E-state index in [1.807, 2.05) is 43.3 Å². The van der Waals surface area contributed by atoms with E-state index in [1.165, 1.54) is 0 Å². The number of hydrogen-bond donors (Lipinski definition) is 0. The molecule has 0 bridgehead atoms. The molecule has 0 aliphatic carbocycles. The fraction of sp³-hybridized carbons (Fsp3) is 0.154. The van der Waals surface area contributed by atoms with Gasteiger partial charge in [0.25, 0.3) is 0 Å². The van der Waals surface area contributed by atoms with Crippen LogP contribution < -0.4 is 0 Å². The van der Waals surface area contributed by atoms with E-state index in [4.69, 9.17) is 11.6 Å². The summed E-state index contributed by atoms with van der Waals surface area (Å²) in [7, 11) is 0. The van der Waals surface area contributed by atoms with Gasteiger partial charge in [-0.15, -0.1) is 0 Å². The van der Waals surface area contributed by atoms with Gasteiger partial charge in [-0.2, -0.15) is 0 Å². The third-order valence-electron chi connectivity index (χ3n) is 2.70. The Morgan fingerprint density at radius 1 is 1.25 bits per heavy atom. The summed E-state index contributed by atoms with van der Waals surface area (Å²) in [6.07, 6.45) is 0. The molecule has 0 N–H and O–H groups in total. The zero-order valence-corrected chi connectivity index (χ0v) is 11.0. The number of hydrogen-bond acceptors (Lipinski definition) is 1. The van der Waals surface area contributed by atoms with E-state index in [9.17, 15) is 4.79 Å². The topological polar surface area (TPSA) is 17.1 Å². The summed E-state index contributed by atoms with van der Waals surface area (Å²) in [6.45, 7) is 1.81. The van der Waals surface area contributed by atoms with Gasteiger partial charge in [-0.3, -0.25) is 4.79 Å². The lowest BCUT2D eigenvalue weighted by Gasteiger charge is -2.11. The standard InChI is InChI=1S/C13H10BrClO/c1-8(13(15)16)10-7-6-9-4-2-3-5-11(9)12(10)14/h2-8H,1H3. The van der Waals surface area contributed by atoms with Crippen molar-refractivity contribution in [2.75, 3.05) is 0 Å². The van der Waals surface area contributed by atoms with Gasteiger partial charge in [0.1, 0.15) is 0 Å². The molecular weight excluding hydrogens is 287 g/mol. The summed E-state index contributed by atoms with van der Waals surface area (Å²) in [5.74, 6) is -0.291. The lowest BCUT2D eigenvalue weighted by Crippen LogP contribution is -2.02. The average molecular weight is 298 g/mol. The maximum atomic E-state index is 11.2. The lowest BCUT2D eigenvalue weighted by molar-refractivity contribution is -0.112. The van der Waals surface area contributed by atoms with E-state index in [-0.39, 0.29) is 11.2 Å². The van der Waals surface area contributed by atoms with E-state index >= 15 is 0 Å². The van der Waals surface area contributed by atoms with Crippen LogP contribution in [0, 0.1) is 0 Å². The first-order chi connectivity index (χ1) is 7.61. The maximum absolute atomic E-state index is 11.2. The van der Waals surface area contributed by atoms with Crippen molar-refractivity contribution in [1.82, 2.24) is 0 Å². The second kappa shape index (κ2) is 4.56. The van der Waals surface area contributed by atoms with Gasteiger partial charge in [-0.25, -0.2) is 0 Å². The van der Waals surface area contributed by atoms with E-state index in [2.05, 4.69) is 15.9 Å². The predicted octanol–water partition coefficient (Wildman–Crippen LogP) is 4.47. The molecule has 2 rings (SSSR count). The Kier molecular flexibility index (Phi) is 3.31. The molecule has 1 unspecified atom stereocenters. The Bertz CT molecular complexity index is 551. The molecule has 1 nitrogen and oxygen atoms in total. The molecule has 82 valence electrons. The van der Waals surface area contributed by atoms with Crippen molar-refractivity contribution in [3.05, 3.63) is 46.4 Å². The molecule has 0 aliphatic rings. The number of carbonyl (C=O) groups is 1. The number of benzene rings is 2. The first kappa shape index (κ1) is 11.6. The van der Waals surface area contributed by atoms with Crippen molar-refractivity contribution in [3.8, 4) is 0 Å². The van der Waals surface area contributed by atoms with Gasteiger partial charge < -0.3 is 0 Å². The van der Waals surface area contributed by atoms with Crippen LogP contribution in [-0.4, -0.2) is 5.24 Å². The third kappa shape index (κ3) is 2.00. The summed E-state index contributed by atoms with van der Waals surface area (Å²) in [5, 5.41) is 1.91. The van der Waals surface area contributed by atoms with Crippen LogP contribution in [0.5, 0.6) is 0 Å². The highest BCUT2D eigenvalue weighted by Gasteiger charge is 2.16. The molecule has 16 heavy (non-hydrogen) atoms. The van der Waals surface area contributed by atoms with Gasteiger partial charge in [-0.1, -0.05) is 43.3 Å². The molecule has 1 atom stereocenters. The molecule has 0 aliphatic heterocycles. The number of fused-ring (bicyclic) bond motifs is 1. The molecular formula is C13H10BrClO. The highest BCUT2D eigenvalue weighted by molar-refractivity contribution is 9.10. The molecule has 0 saturated heterocycles. The fourth-order valence-corrected chi connectivity index (χ4v) is 2.66. The van der Waals surface area contributed by atoms with Crippen LogP contribution in [0.15, 0.2) is 40.9 Å². The van der Waals surface area contributed by atoms with Crippen molar-refractivity contribution in [2.24, 2.45) is 0 Å². The SMILES string of the molecule is CC(C(=O)Cl)c1ccc2ccccc2c1Br. The fourth-order valence-electron chi connectivity index (χ4n) is 1.71. The highest BCUT2D eigenvalue weighted by Crippen LogP contribution is 2.32. The van der Waals surface area contributed by atoms with Gasteiger partial charge in [0, 0.05) is 4.47 Å². The van der Waals surface area contributed by atoms with Crippen LogP contribution in [0.2, 0.25) is 0 Å². The molecule has 0 heterocycles. The summed E-state index contributed by atoms with van der Waals surface area (Å²) >= 11 is 9.07. The Balaban J connectivity index is 2.65. The van der Waals surface area contributed by atoms with Crippen LogP contribution in [0.1, 0.15) is 18.4 Å². The van der Waals surface area contributed by atoms with Crippen molar-refractivity contribution < 1.29 is 4.79 Å². The molecule has 0 fully saturated rings. The normalized spacial score (nSPS) is 12.7. The molecule has 2 aromatic rings. The maximum Gasteiger partial charge on any atom is 0.228 e. The second-order valence-electron chi connectivity index (χ2n) is 3.72. The summed E-state index contributed by atoms with van der Waals surface area (Å²) in [4.78, 5) is 11.2. The quantitative estimate of drug-likeness (QED) is 0.747. The Labute approximate surface area is 108 Å². The first-order valence-electron chi connectivity index (χ1n) is 4.97. The van der Waals surface area contributed by atoms with Crippen LogP contribution >= 0.6 is 27.5 Å². The van der Waals surface area contributed by atoms with Crippen LogP contribution in [0.4, 0.5) is 0 Å². The zero-order valence-electron chi connectivity index (χ0n) is 8.71. The summed E-state index contributed by atoms with van der Waals surface area (Å²) < 4.78 is 0.951. The Morgan fingerprint density at radius 2 is 1.94 bits per heavy atom. The average Bonchev–Trinajstić information content (AvgIpc) is 2.29. The van der Waals surface area contributed by atoms with Crippen LogP contribution in [-0.2, 0) is 4.79 Å². The monoisotopic (exact) mass is 296 g/mol. The molecule has 0 aromatic heterocycles. The van der Waals surface area contributed by atoms with E-state index in [1.54, 1.807) is 0 Å². The molecule has 0 amide bonds. The van der Waals surface area contributed by atoms with Gasteiger partial charge >= 0.3 is 0 Å². The van der Waals surface area contributed by atoms with Crippen LogP contribution in [0.3, 0.4) is 0 Å². The van der Waals surface area contributed by atoms with Crippen molar-refractivity contribution in [3.63, 3.8) is 0 Å². The second-order valence-corrected chi connectivity index (χ2v) is 4.88. The van der Waals surface area contributed by atoms with Gasteiger partial charge in [-0.05, 0) is 43.9 Å². The Morgan fingerprint density at radius 3 is 2.62 bits per heavy atom. The van der Waals surface area contributed by atoms with E-state index < -0.39 is 0 Å². The predicted molar refractivity (Wildman–Crippen MR) is 70.9 cm³/mol. The lowest BCUT2D eigenvalue weighted by atomic mass is 9.99. The number of carbonyl (C=O) groups excluding carboxylic acids is 1.